The summed E-state index contributed by atoms with van der Waals surface area (Å²) >= 11 is 3.98. The molecule has 2 rings (SSSR count). The Hall–Kier alpha value is -0.260. The number of nitrogens with one attached hydrogen (secondary N) is 1. The highest BCUT2D eigenvalue weighted by Gasteiger charge is 2.18. The van der Waals surface area contributed by atoms with Gasteiger partial charge < -0.3 is 5.32 Å². The fourth-order valence-corrected chi connectivity index (χ4v) is 4.24. The topological polar surface area (TPSA) is 37.8 Å². The van der Waals surface area contributed by atoms with Gasteiger partial charge in [-0.1, -0.05) is 0 Å². The first-order valence-electron chi connectivity index (χ1n) is 6.30. The van der Waals surface area contributed by atoms with Crippen LogP contribution in [0, 0.1) is 0 Å². The molecule has 1 aromatic rings. The van der Waals surface area contributed by atoms with Crippen molar-refractivity contribution >= 4 is 23.5 Å². The summed E-state index contributed by atoms with van der Waals surface area (Å²) in [6.07, 6.45) is 3.92. The average Bonchev–Trinajstić information content (AvgIpc) is 2.37. The lowest BCUT2D eigenvalue weighted by Crippen LogP contribution is -2.35. The van der Waals surface area contributed by atoms with Crippen molar-refractivity contribution in [2.45, 2.75) is 38.1 Å². The Kier molecular flexibility index (Phi) is 4.92. The molecule has 1 unspecified atom stereocenters. The van der Waals surface area contributed by atoms with Gasteiger partial charge in [-0.3, -0.25) is 0 Å². The molecule has 0 bridgehead atoms. The van der Waals surface area contributed by atoms with E-state index in [9.17, 15) is 0 Å². The number of nitrogens with zero attached hydrogens (tertiary/aromatic N) is 2. The molecule has 5 heteroatoms. The number of aromatic nitrogens is 2. The van der Waals surface area contributed by atoms with E-state index in [1.165, 1.54) is 11.5 Å². The van der Waals surface area contributed by atoms with Crippen molar-refractivity contribution in [3.8, 4) is 0 Å². The Morgan fingerprint density at radius 3 is 2.56 bits per heavy atom. The molecule has 3 nitrogen and oxygen atoms in total. The minimum absolute atomic E-state index is 0.133. The molecule has 100 valence electrons. The van der Waals surface area contributed by atoms with E-state index in [-0.39, 0.29) is 5.54 Å². The molecule has 1 aliphatic rings. The second-order valence-corrected chi connectivity index (χ2v) is 7.95. The third kappa shape index (κ3) is 4.44. The Balaban J connectivity index is 1.92. The van der Waals surface area contributed by atoms with E-state index in [2.05, 4.69) is 36.1 Å². The van der Waals surface area contributed by atoms with Gasteiger partial charge in [0.2, 0.25) is 0 Å². The molecule has 0 aromatic carbocycles. The second kappa shape index (κ2) is 6.26. The SMILES string of the molecule is CC(C)(C)NCc1cnc(C2CSCCS2)nc1. The summed E-state index contributed by atoms with van der Waals surface area (Å²) in [6, 6.07) is 0. The Morgan fingerprint density at radius 1 is 1.28 bits per heavy atom. The molecular weight excluding hydrogens is 262 g/mol. The van der Waals surface area contributed by atoms with Crippen LogP contribution in [0.4, 0.5) is 0 Å². The van der Waals surface area contributed by atoms with Crippen LogP contribution in [0.15, 0.2) is 12.4 Å². The first kappa shape index (κ1) is 14.2. The van der Waals surface area contributed by atoms with Crippen molar-refractivity contribution in [2.24, 2.45) is 0 Å². The van der Waals surface area contributed by atoms with Crippen LogP contribution in [0.2, 0.25) is 0 Å². The molecule has 1 fully saturated rings. The minimum atomic E-state index is 0.133. The second-order valence-electron chi connectivity index (χ2n) is 5.49. The van der Waals surface area contributed by atoms with Crippen LogP contribution in [0.25, 0.3) is 0 Å². The van der Waals surface area contributed by atoms with E-state index >= 15 is 0 Å². The van der Waals surface area contributed by atoms with Crippen LogP contribution in [0.3, 0.4) is 0 Å². The smallest absolute Gasteiger partial charge is 0.141 e. The first-order valence-corrected chi connectivity index (χ1v) is 8.50. The predicted molar refractivity (Wildman–Crippen MR) is 81.1 cm³/mol. The Bertz CT molecular complexity index is 367. The molecule has 0 spiro atoms. The van der Waals surface area contributed by atoms with Crippen LogP contribution in [-0.4, -0.2) is 32.8 Å². The van der Waals surface area contributed by atoms with Crippen molar-refractivity contribution < 1.29 is 0 Å². The Labute approximate surface area is 118 Å². The maximum atomic E-state index is 4.52. The quantitative estimate of drug-likeness (QED) is 0.923. The van der Waals surface area contributed by atoms with Gasteiger partial charge in [-0.2, -0.15) is 11.8 Å². The lowest BCUT2D eigenvalue weighted by atomic mass is 10.1. The zero-order chi connectivity index (χ0) is 13.0. The number of hydrogen-bond acceptors (Lipinski definition) is 5. The standard InChI is InChI=1S/C13H21N3S2/c1-13(2,3)16-8-10-6-14-12(15-7-10)11-9-17-4-5-18-11/h6-7,11,16H,4-5,8-9H2,1-3H3. The van der Waals surface area contributed by atoms with Gasteiger partial charge in [-0.15, -0.1) is 11.8 Å². The number of thioether (sulfide) groups is 2. The van der Waals surface area contributed by atoms with Crippen LogP contribution >= 0.6 is 23.5 Å². The van der Waals surface area contributed by atoms with Crippen molar-refractivity contribution in [3.63, 3.8) is 0 Å². The maximum absolute atomic E-state index is 4.52. The normalized spacial score (nSPS) is 20.9. The molecule has 1 aromatic heterocycles. The summed E-state index contributed by atoms with van der Waals surface area (Å²) in [6.45, 7) is 7.32. The first-order chi connectivity index (χ1) is 8.54. The fourth-order valence-electron chi connectivity index (χ4n) is 1.63. The number of hydrogen-bond donors (Lipinski definition) is 1. The van der Waals surface area contributed by atoms with Crippen LogP contribution in [-0.2, 0) is 6.54 Å². The number of rotatable bonds is 3. The van der Waals surface area contributed by atoms with Crippen LogP contribution in [0.1, 0.15) is 37.4 Å². The van der Waals surface area contributed by atoms with E-state index in [4.69, 9.17) is 0 Å². The third-order valence-corrected chi connectivity index (χ3v) is 5.40. The van der Waals surface area contributed by atoms with Gasteiger partial charge in [0.15, 0.2) is 0 Å². The molecule has 0 radical (unpaired) electrons. The van der Waals surface area contributed by atoms with Crippen molar-refractivity contribution in [1.29, 1.82) is 0 Å². The van der Waals surface area contributed by atoms with Gasteiger partial charge in [-0.05, 0) is 20.8 Å². The Morgan fingerprint density at radius 2 is 2.00 bits per heavy atom. The fraction of sp³-hybridized carbons (Fsp3) is 0.692. The van der Waals surface area contributed by atoms with E-state index in [1.807, 2.05) is 35.9 Å². The average molecular weight is 283 g/mol. The summed E-state index contributed by atoms with van der Waals surface area (Å²) in [5.74, 6) is 4.61. The molecule has 0 aliphatic carbocycles. The largest absolute Gasteiger partial charge is 0.308 e. The molecule has 1 atom stereocenters. The van der Waals surface area contributed by atoms with Crippen molar-refractivity contribution in [3.05, 3.63) is 23.8 Å². The molecule has 2 heterocycles. The van der Waals surface area contributed by atoms with Crippen LogP contribution < -0.4 is 5.32 Å². The van der Waals surface area contributed by atoms with E-state index in [1.54, 1.807) is 0 Å². The van der Waals surface area contributed by atoms with Gasteiger partial charge in [0.05, 0.1) is 5.25 Å². The summed E-state index contributed by atoms with van der Waals surface area (Å²) in [5.41, 5.74) is 1.29. The van der Waals surface area contributed by atoms with Crippen LogP contribution in [0.5, 0.6) is 0 Å². The molecule has 0 saturated carbocycles. The van der Waals surface area contributed by atoms with Gasteiger partial charge >= 0.3 is 0 Å². The highest BCUT2D eigenvalue weighted by atomic mass is 32.2. The lowest BCUT2D eigenvalue weighted by molar-refractivity contribution is 0.423. The van der Waals surface area contributed by atoms with Crippen molar-refractivity contribution in [1.82, 2.24) is 15.3 Å². The third-order valence-electron chi connectivity index (χ3n) is 2.65. The summed E-state index contributed by atoms with van der Waals surface area (Å²) in [5, 5.41) is 3.93. The van der Waals surface area contributed by atoms with E-state index in [0.29, 0.717) is 5.25 Å². The summed E-state index contributed by atoms with van der Waals surface area (Å²) in [4.78, 5) is 9.04. The predicted octanol–water partition coefficient (Wildman–Crippen LogP) is 2.89. The highest BCUT2D eigenvalue weighted by Crippen LogP contribution is 2.34. The summed E-state index contributed by atoms with van der Waals surface area (Å²) in [7, 11) is 0. The zero-order valence-corrected chi connectivity index (χ0v) is 12.9. The van der Waals surface area contributed by atoms with E-state index < -0.39 is 0 Å². The van der Waals surface area contributed by atoms with Gasteiger partial charge in [-0.25, -0.2) is 9.97 Å². The molecule has 0 amide bonds. The van der Waals surface area contributed by atoms with Crippen molar-refractivity contribution in [2.75, 3.05) is 17.3 Å². The van der Waals surface area contributed by atoms with Gasteiger partial charge in [0.25, 0.3) is 0 Å². The van der Waals surface area contributed by atoms with Gasteiger partial charge in [0, 0.05) is 47.3 Å². The van der Waals surface area contributed by atoms with E-state index in [0.717, 1.165) is 23.7 Å². The maximum Gasteiger partial charge on any atom is 0.141 e. The summed E-state index contributed by atoms with van der Waals surface area (Å²) < 4.78 is 0. The van der Waals surface area contributed by atoms with Gasteiger partial charge in [0.1, 0.15) is 5.82 Å². The molecular formula is C13H21N3S2. The zero-order valence-electron chi connectivity index (χ0n) is 11.3. The molecule has 1 aliphatic heterocycles. The lowest BCUT2D eigenvalue weighted by Gasteiger charge is -2.21. The monoisotopic (exact) mass is 283 g/mol. The highest BCUT2D eigenvalue weighted by molar-refractivity contribution is 8.06. The molecule has 1 N–H and O–H groups in total. The molecule has 18 heavy (non-hydrogen) atoms. The minimum Gasteiger partial charge on any atom is -0.308 e. The molecule has 1 saturated heterocycles.